The molecular formula is C13H21N5O. The van der Waals surface area contributed by atoms with Gasteiger partial charge in [-0.25, -0.2) is 0 Å². The van der Waals surface area contributed by atoms with Crippen LogP contribution in [0.25, 0.3) is 0 Å². The van der Waals surface area contributed by atoms with E-state index in [9.17, 15) is 0 Å². The summed E-state index contributed by atoms with van der Waals surface area (Å²) in [4.78, 5) is 4.20. The molecule has 0 bridgehead atoms. The molecule has 0 saturated carbocycles. The van der Waals surface area contributed by atoms with Gasteiger partial charge in [0, 0.05) is 31.3 Å². The van der Waals surface area contributed by atoms with Gasteiger partial charge >= 0.3 is 0 Å². The Morgan fingerprint density at radius 3 is 2.53 bits per heavy atom. The molecular weight excluding hydrogens is 242 g/mol. The van der Waals surface area contributed by atoms with Crippen molar-refractivity contribution in [1.29, 1.82) is 0 Å². The molecule has 104 valence electrons. The third-order valence-electron chi connectivity index (χ3n) is 3.40. The van der Waals surface area contributed by atoms with Gasteiger partial charge in [-0.2, -0.15) is 10.1 Å². The van der Waals surface area contributed by atoms with E-state index in [4.69, 9.17) is 4.52 Å². The summed E-state index contributed by atoms with van der Waals surface area (Å²) in [6.45, 7) is 8.70. The Kier molecular flexibility index (Phi) is 3.99. The lowest BCUT2D eigenvalue weighted by molar-refractivity contribution is 0.382. The zero-order chi connectivity index (χ0) is 14.0. The maximum atomic E-state index is 4.97. The molecule has 2 rings (SSSR count). The minimum Gasteiger partial charge on any atom is -0.340 e. The summed E-state index contributed by atoms with van der Waals surface area (Å²) in [5.74, 6) is 1.29. The number of nitrogens with one attached hydrogen (secondary N) is 1. The Hall–Kier alpha value is -1.69. The lowest BCUT2D eigenvalue weighted by atomic mass is 10.0. The Bertz CT molecular complexity index is 557. The standard InChI is InChI=1S/C13H21N5O/c1-6-11(13-8(2)16-18(5)9(13)3)14-7-12-15-10(4)19-17-12/h11,14H,6-7H2,1-5H3/t11-/m1/s1. The molecule has 0 aromatic carbocycles. The van der Waals surface area contributed by atoms with E-state index in [1.165, 1.54) is 11.3 Å². The molecule has 2 heterocycles. The molecule has 0 aliphatic heterocycles. The number of rotatable bonds is 5. The number of hydrogen-bond donors (Lipinski definition) is 1. The molecule has 0 aliphatic rings. The van der Waals surface area contributed by atoms with E-state index < -0.39 is 0 Å². The van der Waals surface area contributed by atoms with Crippen LogP contribution in [0.4, 0.5) is 0 Å². The second-order valence-electron chi connectivity index (χ2n) is 4.78. The molecule has 6 nitrogen and oxygen atoms in total. The summed E-state index contributed by atoms with van der Waals surface area (Å²) < 4.78 is 6.89. The van der Waals surface area contributed by atoms with E-state index in [0.29, 0.717) is 18.3 Å². The number of nitrogens with zero attached hydrogens (tertiary/aromatic N) is 4. The third kappa shape index (κ3) is 2.84. The first-order chi connectivity index (χ1) is 9.02. The highest BCUT2D eigenvalue weighted by molar-refractivity contribution is 5.28. The van der Waals surface area contributed by atoms with Crippen LogP contribution >= 0.6 is 0 Å². The second-order valence-corrected chi connectivity index (χ2v) is 4.78. The Labute approximate surface area is 113 Å². The monoisotopic (exact) mass is 263 g/mol. The molecule has 2 aromatic rings. The number of aromatic nitrogens is 4. The summed E-state index contributed by atoms with van der Waals surface area (Å²) in [6.07, 6.45) is 0.990. The van der Waals surface area contributed by atoms with Crippen molar-refractivity contribution < 1.29 is 4.52 Å². The van der Waals surface area contributed by atoms with E-state index in [1.54, 1.807) is 6.92 Å². The minimum absolute atomic E-state index is 0.257. The number of aryl methyl sites for hydroxylation is 3. The van der Waals surface area contributed by atoms with Gasteiger partial charge in [-0.05, 0) is 20.3 Å². The average molecular weight is 263 g/mol. The minimum atomic E-state index is 0.257. The van der Waals surface area contributed by atoms with Crippen molar-refractivity contribution in [3.63, 3.8) is 0 Å². The number of hydrogen-bond acceptors (Lipinski definition) is 5. The highest BCUT2D eigenvalue weighted by Gasteiger charge is 2.18. The fourth-order valence-corrected chi connectivity index (χ4v) is 2.37. The normalized spacial score (nSPS) is 12.9. The summed E-state index contributed by atoms with van der Waals surface area (Å²) in [6, 6.07) is 0.257. The topological polar surface area (TPSA) is 68.8 Å². The summed E-state index contributed by atoms with van der Waals surface area (Å²) in [5, 5.41) is 11.8. The van der Waals surface area contributed by atoms with E-state index in [1.807, 2.05) is 18.7 Å². The lowest BCUT2D eigenvalue weighted by Gasteiger charge is -2.16. The predicted octanol–water partition coefficient (Wildman–Crippen LogP) is 1.97. The van der Waals surface area contributed by atoms with Crippen LogP contribution in [0, 0.1) is 20.8 Å². The molecule has 1 N–H and O–H groups in total. The van der Waals surface area contributed by atoms with Crippen molar-refractivity contribution in [3.05, 3.63) is 28.7 Å². The van der Waals surface area contributed by atoms with E-state index >= 15 is 0 Å². The Morgan fingerprint density at radius 1 is 1.32 bits per heavy atom. The van der Waals surface area contributed by atoms with Crippen molar-refractivity contribution in [1.82, 2.24) is 25.2 Å². The highest BCUT2D eigenvalue weighted by Crippen LogP contribution is 2.23. The molecule has 0 radical (unpaired) electrons. The van der Waals surface area contributed by atoms with E-state index in [0.717, 1.165) is 12.1 Å². The molecule has 1 atom stereocenters. The van der Waals surface area contributed by atoms with Gasteiger partial charge < -0.3 is 9.84 Å². The van der Waals surface area contributed by atoms with E-state index in [-0.39, 0.29) is 6.04 Å². The Morgan fingerprint density at radius 2 is 2.05 bits per heavy atom. The van der Waals surface area contributed by atoms with Crippen molar-refractivity contribution >= 4 is 0 Å². The van der Waals surface area contributed by atoms with Gasteiger partial charge in [0.05, 0.1) is 12.2 Å². The van der Waals surface area contributed by atoms with E-state index in [2.05, 4.69) is 34.4 Å². The molecule has 19 heavy (non-hydrogen) atoms. The lowest BCUT2D eigenvalue weighted by Crippen LogP contribution is -2.22. The van der Waals surface area contributed by atoms with Gasteiger partial charge in [0.15, 0.2) is 5.82 Å². The van der Waals surface area contributed by atoms with Crippen LogP contribution < -0.4 is 5.32 Å². The second kappa shape index (κ2) is 5.52. The smallest absolute Gasteiger partial charge is 0.223 e. The SMILES string of the molecule is CC[C@@H](NCc1noc(C)n1)c1c(C)nn(C)c1C. The fourth-order valence-electron chi connectivity index (χ4n) is 2.37. The molecule has 2 aromatic heterocycles. The average Bonchev–Trinajstić information content (AvgIpc) is 2.88. The molecule has 0 aliphatic carbocycles. The zero-order valence-corrected chi connectivity index (χ0v) is 12.2. The van der Waals surface area contributed by atoms with Crippen LogP contribution in [0.1, 0.15) is 48.1 Å². The van der Waals surface area contributed by atoms with Gasteiger partial charge in [-0.1, -0.05) is 12.1 Å². The van der Waals surface area contributed by atoms with Crippen molar-refractivity contribution in [3.8, 4) is 0 Å². The maximum Gasteiger partial charge on any atom is 0.223 e. The molecule has 0 amide bonds. The van der Waals surface area contributed by atoms with Crippen molar-refractivity contribution in [2.24, 2.45) is 7.05 Å². The van der Waals surface area contributed by atoms with Crippen molar-refractivity contribution in [2.75, 3.05) is 0 Å². The van der Waals surface area contributed by atoms with Crippen LogP contribution in [-0.4, -0.2) is 19.9 Å². The quantitative estimate of drug-likeness (QED) is 0.893. The van der Waals surface area contributed by atoms with Gasteiger partial charge in [0.2, 0.25) is 5.89 Å². The molecule has 0 fully saturated rings. The van der Waals surface area contributed by atoms with Gasteiger partial charge in [-0.15, -0.1) is 0 Å². The molecule has 6 heteroatoms. The third-order valence-corrected chi connectivity index (χ3v) is 3.40. The van der Waals surface area contributed by atoms with Crippen LogP contribution in [0.2, 0.25) is 0 Å². The van der Waals surface area contributed by atoms with Crippen LogP contribution in [0.15, 0.2) is 4.52 Å². The first-order valence-corrected chi connectivity index (χ1v) is 6.55. The predicted molar refractivity (Wildman–Crippen MR) is 71.6 cm³/mol. The summed E-state index contributed by atoms with van der Waals surface area (Å²) in [7, 11) is 1.97. The fraction of sp³-hybridized carbons (Fsp3) is 0.615. The summed E-state index contributed by atoms with van der Waals surface area (Å²) >= 11 is 0. The largest absolute Gasteiger partial charge is 0.340 e. The maximum absolute atomic E-state index is 4.97. The van der Waals surface area contributed by atoms with Gasteiger partial charge in [-0.3, -0.25) is 4.68 Å². The van der Waals surface area contributed by atoms with Gasteiger partial charge in [0.1, 0.15) is 0 Å². The summed E-state index contributed by atoms with van der Waals surface area (Å²) in [5.41, 5.74) is 3.54. The first-order valence-electron chi connectivity index (χ1n) is 6.55. The zero-order valence-electron chi connectivity index (χ0n) is 12.2. The van der Waals surface area contributed by atoms with Crippen LogP contribution in [0.5, 0.6) is 0 Å². The van der Waals surface area contributed by atoms with Gasteiger partial charge in [0.25, 0.3) is 0 Å². The van der Waals surface area contributed by atoms with Crippen LogP contribution in [-0.2, 0) is 13.6 Å². The molecule has 0 unspecified atom stereocenters. The Balaban J connectivity index is 2.12. The highest BCUT2D eigenvalue weighted by atomic mass is 16.5. The first kappa shape index (κ1) is 13.7. The molecule has 0 spiro atoms. The van der Waals surface area contributed by atoms with Crippen molar-refractivity contribution in [2.45, 2.75) is 46.7 Å². The molecule has 0 saturated heterocycles. The van der Waals surface area contributed by atoms with Crippen LogP contribution in [0.3, 0.4) is 0 Å².